The zero-order valence-electron chi connectivity index (χ0n) is 10.7. The third kappa shape index (κ3) is 3.25. The molecule has 0 saturated heterocycles. The normalized spacial score (nSPS) is 10.2. The molecule has 0 saturated carbocycles. The number of rotatable bonds is 5. The molecule has 100 valence electrons. The van der Waals surface area contributed by atoms with Crippen LogP contribution >= 0.6 is 0 Å². The lowest BCUT2D eigenvalue weighted by atomic mass is 10.1. The number of anilines is 2. The molecule has 0 radical (unpaired) electrons. The van der Waals surface area contributed by atoms with Crippen LogP contribution in [0.2, 0.25) is 0 Å². The molecule has 0 aliphatic carbocycles. The van der Waals surface area contributed by atoms with Crippen LogP contribution < -0.4 is 16.4 Å². The van der Waals surface area contributed by atoms with Crippen LogP contribution in [0.25, 0.3) is 0 Å². The van der Waals surface area contributed by atoms with Crippen molar-refractivity contribution < 1.29 is 4.79 Å². The first kappa shape index (κ1) is 12.9. The molecule has 0 spiro atoms. The number of hydrogen-bond donors (Lipinski definition) is 4. The minimum Gasteiger partial charge on any atom is -0.397 e. The van der Waals surface area contributed by atoms with Crippen molar-refractivity contribution in [1.82, 2.24) is 15.3 Å². The number of hydrogen-bond acceptors (Lipinski definition) is 4. The molecule has 1 heterocycles. The summed E-state index contributed by atoms with van der Waals surface area (Å²) >= 11 is 0. The molecule has 0 bridgehead atoms. The maximum atomic E-state index is 11.7. The quantitative estimate of drug-likeness (QED) is 0.609. The summed E-state index contributed by atoms with van der Waals surface area (Å²) in [6.07, 6.45) is 3.37. The topological polar surface area (TPSA) is 95.8 Å². The molecule has 2 aromatic rings. The Morgan fingerprint density at radius 1 is 1.47 bits per heavy atom. The number of imidazole rings is 1. The number of H-pyrrole nitrogens is 1. The smallest absolute Gasteiger partial charge is 0.251 e. The summed E-state index contributed by atoms with van der Waals surface area (Å²) in [6, 6.07) is 5.22. The van der Waals surface area contributed by atoms with E-state index in [1.165, 1.54) is 0 Å². The fourth-order valence-corrected chi connectivity index (χ4v) is 1.70. The second-order valence-electron chi connectivity index (χ2n) is 4.09. The van der Waals surface area contributed by atoms with Gasteiger partial charge >= 0.3 is 0 Å². The van der Waals surface area contributed by atoms with E-state index in [2.05, 4.69) is 20.6 Å². The minimum atomic E-state index is -0.116. The highest BCUT2D eigenvalue weighted by molar-refractivity contribution is 5.96. The summed E-state index contributed by atoms with van der Waals surface area (Å²) < 4.78 is 0. The molecular formula is C13H17N5O. The van der Waals surface area contributed by atoms with E-state index in [1.807, 2.05) is 6.92 Å². The Labute approximate surface area is 111 Å². The molecule has 1 aromatic heterocycles. The van der Waals surface area contributed by atoms with Gasteiger partial charge in [0.2, 0.25) is 0 Å². The number of benzene rings is 1. The Bertz CT molecular complexity index is 550. The van der Waals surface area contributed by atoms with Gasteiger partial charge in [0.05, 0.1) is 29.9 Å². The van der Waals surface area contributed by atoms with Crippen LogP contribution in [0, 0.1) is 0 Å². The van der Waals surface area contributed by atoms with Crippen LogP contribution in [0.4, 0.5) is 11.4 Å². The second-order valence-corrected chi connectivity index (χ2v) is 4.09. The van der Waals surface area contributed by atoms with Gasteiger partial charge in [-0.25, -0.2) is 4.98 Å². The van der Waals surface area contributed by atoms with Crippen LogP contribution in [-0.2, 0) is 6.54 Å². The molecule has 1 amide bonds. The van der Waals surface area contributed by atoms with Gasteiger partial charge in [-0.3, -0.25) is 4.79 Å². The first-order valence-electron chi connectivity index (χ1n) is 6.09. The Morgan fingerprint density at radius 3 is 2.95 bits per heavy atom. The van der Waals surface area contributed by atoms with Crippen molar-refractivity contribution in [2.75, 3.05) is 17.6 Å². The maximum absolute atomic E-state index is 11.7. The number of carbonyl (C=O) groups excluding carboxylic acids is 1. The highest BCUT2D eigenvalue weighted by atomic mass is 16.1. The van der Waals surface area contributed by atoms with Gasteiger partial charge in [0.1, 0.15) is 0 Å². The average Bonchev–Trinajstić information content (AvgIpc) is 2.90. The number of nitrogens with zero attached hydrogens (tertiary/aromatic N) is 1. The van der Waals surface area contributed by atoms with Crippen molar-refractivity contribution in [2.45, 2.75) is 13.5 Å². The first-order valence-corrected chi connectivity index (χ1v) is 6.09. The van der Waals surface area contributed by atoms with E-state index in [0.29, 0.717) is 24.3 Å². The second kappa shape index (κ2) is 5.90. The van der Waals surface area contributed by atoms with Gasteiger partial charge in [-0.05, 0) is 25.1 Å². The SMILES string of the molecule is CCNC(=O)c1ccc(NCc2cnc[nH]2)c(N)c1. The van der Waals surface area contributed by atoms with Crippen molar-refractivity contribution in [2.24, 2.45) is 0 Å². The number of aromatic amines is 1. The van der Waals surface area contributed by atoms with Crippen LogP contribution in [0.1, 0.15) is 23.0 Å². The Balaban J connectivity index is 2.04. The molecular weight excluding hydrogens is 242 g/mol. The molecule has 0 atom stereocenters. The van der Waals surface area contributed by atoms with E-state index in [9.17, 15) is 4.79 Å². The summed E-state index contributed by atoms with van der Waals surface area (Å²) in [5.74, 6) is -0.116. The van der Waals surface area contributed by atoms with Crippen LogP contribution in [0.15, 0.2) is 30.7 Å². The van der Waals surface area contributed by atoms with Crippen molar-refractivity contribution in [3.63, 3.8) is 0 Å². The van der Waals surface area contributed by atoms with Crippen LogP contribution in [0.5, 0.6) is 0 Å². The maximum Gasteiger partial charge on any atom is 0.251 e. The van der Waals surface area contributed by atoms with E-state index in [4.69, 9.17) is 5.73 Å². The predicted octanol–water partition coefficient (Wildman–Crippen LogP) is 1.35. The first-order chi connectivity index (χ1) is 9.20. The van der Waals surface area contributed by atoms with E-state index in [1.54, 1.807) is 30.7 Å². The lowest BCUT2D eigenvalue weighted by molar-refractivity contribution is 0.0956. The van der Waals surface area contributed by atoms with E-state index >= 15 is 0 Å². The van der Waals surface area contributed by atoms with Gasteiger partial charge in [0.25, 0.3) is 5.91 Å². The zero-order valence-corrected chi connectivity index (χ0v) is 10.7. The third-order valence-electron chi connectivity index (χ3n) is 2.68. The predicted molar refractivity (Wildman–Crippen MR) is 74.8 cm³/mol. The molecule has 19 heavy (non-hydrogen) atoms. The lowest BCUT2D eigenvalue weighted by Gasteiger charge is -2.10. The van der Waals surface area contributed by atoms with Gasteiger partial charge in [-0.15, -0.1) is 0 Å². The molecule has 2 rings (SSSR count). The van der Waals surface area contributed by atoms with Crippen molar-refractivity contribution >= 4 is 17.3 Å². The fraction of sp³-hybridized carbons (Fsp3) is 0.231. The molecule has 5 N–H and O–H groups in total. The highest BCUT2D eigenvalue weighted by Crippen LogP contribution is 2.20. The van der Waals surface area contributed by atoms with Crippen molar-refractivity contribution in [1.29, 1.82) is 0 Å². The Hall–Kier alpha value is -2.50. The molecule has 6 nitrogen and oxygen atoms in total. The number of nitrogen functional groups attached to an aromatic ring is 1. The van der Waals surface area contributed by atoms with Crippen molar-refractivity contribution in [3.8, 4) is 0 Å². The average molecular weight is 259 g/mol. The van der Waals surface area contributed by atoms with Gasteiger partial charge in [0.15, 0.2) is 0 Å². The summed E-state index contributed by atoms with van der Waals surface area (Å²) in [6.45, 7) is 3.07. The van der Waals surface area contributed by atoms with Crippen LogP contribution in [0.3, 0.4) is 0 Å². The molecule has 0 fully saturated rings. The van der Waals surface area contributed by atoms with Gasteiger partial charge < -0.3 is 21.4 Å². The summed E-state index contributed by atoms with van der Waals surface area (Å²) in [5.41, 5.74) is 8.79. The summed E-state index contributed by atoms with van der Waals surface area (Å²) in [5, 5.41) is 5.92. The molecule has 6 heteroatoms. The number of amides is 1. The fourth-order valence-electron chi connectivity index (χ4n) is 1.70. The number of nitrogens with one attached hydrogen (secondary N) is 3. The highest BCUT2D eigenvalue weighted by Gasteiger charge is 2.07. The van der Waals surface area contributed by atoms with Crippen molar-refractivity contribution in [3.05, 3.63) is 42.0 Å². The lowest BCUT2D eigenvalue weighted by Crippen LogP contribution is -2.22. The standard InChI is InChI=1S/C13H17N5O/c1-2-16-13(19)9-3-4-12(11(14)5-9)17-7-10-6-15-8-18-10/h3-6,8,17H,2,7,14H2,1H3,(H,15,18)(H,16,19). The third-order valence-corrected chi connectivity index (χ3v) is 2.68. The number of nitrogens with two attached hydrogens (primary N) is 1. The zero-order chi connectivity index (χ0) is 13.7. The minimum absolute atomic E-state index is 0.116. The van der Waals surface area contributed by atoms with E-state index in [-0.39, 0.29) is 5.91 Å². The summed E-state index contributed by atoms with van der Waals surface area (Å²) in [4.78, 5) is 18.6. The molecule has 0 unspecified atom stereocenters. The largest absolute Gasteiger partial charge is 0.397 e. The van der Waals surface area contributed by atoms with E-state index < -0.39 is 0 Å². The number of aromatic nitrogens is 2. The van der Waals surface area contributed by atoms with Crippen LogP contribution in [-0.4, -0.2) is 22.4 Å². The van der Waals surface area contributed by atoms with Gasteiger partial charge in [0, 0.05) is 18.3 Å². The number of carbonyl (C=O) groups is 1. The Morgan fingerprint density at radius 2 is 2.32 bits per heavy atom. The van der Waals surface area contributed by atoms with E-state index in [0.717, 1.165) is 11.4 Å². The van der Waals surface area contributed by atoms with Gasteiger partial charge in [-0.1, -0.05) is 0 Å². The van der Waals surface area contributed by atoms with Gasteiger partial charge in [-0.2, -0.15) is 0 Å². The molecule has 1 aromatic carbocycles. The molecule has 0 aliphatic rings. The molecule has 0 aliphatic heterocycles. The monoisotopic (exact) mass is 259 g/mol. The Kier molecular flexibility index (Phi) is 4.02. The summed E-state index contributed by atoms with van der Waals surface area (Å²) in [7, 11) is 0.